The lowest BCUT2D eigenvalue weighted by atomic mass is 9.76. The third-order valence-electron chi connectivity index (χ3n) is 6.21. The smallest absolute Gasteiger partial charge is 0.288 e. The number of hydrogen-bond acceptors (Lipinski definition) is 4. The van der Waals surface area contributed by atoms with Crippen molar-refractivity contribution in [2.24, 2.45) is 0 Å². The fourth-order valence-corrected chi connectivity index (χ4v) is 4.62. The maximum Gasteiger partial charge on any atom is 0.296 e. The van der Waals surface area contributed by atoms with E-state index in [2.05, 4.69) is 27.6 Å². The van der Waals surface area contributed by atoms with Gasteiger partial charge in [-0.2, -0.15) is 10.2 Å². The summed E-state index contributed by atoms with van der Waals surface area (Å²) in [6.07, 6.45) is 9.13. The average Bonchev–Trinajstić information content (AvgIpc) is 3.26. The second-order valence-electron chi connectivity index (χ2n) is 8.15. The number of hydrogen-bond donors (Lipinski definition) is 1. The third kappa shape index (κ3) is 3.89. The lowest BCUT2D eigenvalue weighted by molar-refractivity contribution is 0.209. The van der Waals surface area contributed by atoms with Gasteiger partial charge >= 0.3 is 0 Å². The van der Waals surface area contributed by atoms with Crippen LogP contribution in [0.2, 0.25) is 5.02 Å². The van der Waals surface area contributed by atoms with E-state index in [1.54, 1.807) is 10.9 Å². The molecule has 7 heteroatoms. The van der Waals surface area contributed by atoms with E-state index in [1.165, 1.54) is 16.7 Å². The highest BCUT2D eigenvalue weighted by Gasteiger charge is 2.33. The highest BCUT2D eigenvalue weighted by atomic mass is 35.5. The van der Waals surface area contributed by atoms with Crippen LogP contribution >= 0.6 is 11.6 Å². The first kappa shape index (κ1) is 20.0. The summed E-state index contributed by atoms with van der Waals surface area (Å²) in [6, 6.07) is 17.8. The molecule has 1 aliphatic carbocycles. The van der Waals surface area contributed by atoms with Gasteiger partial charge in [-0.1, -0.05) is 61.2 Å². The Morgan fingerprint density at radius 3 is 2.48 bits per heavy atom. The first-order valence-corrected chi connectivity index (χ1v) is 11.0. The quantitative estimate of drug-likeness (QED) is 0.498. The van der Waals surface area contributed by atoms with Crippen LogP contribution in [0.1, 0.15) is 37.7 Å². The van der Waals surface area contributed by atoms with Gasteiger partial charge in [0.05, 0.1) is 18.6 Å². The van der Waals surface area contributed by atoms with E-state index in [1.807, 2.05) is 48.7 Å². The molecule has 158 valence electrons. The minimum atomic E-state index is -0.193. The number of nitrogens with zero attached hydrogens (tertiary/aromatic N) is 4. The van der Waals surface area contributed by atoms with E-state index in [4.69, 9.17) is 11.6 Å². The molecule has 1 saturated carbocycles. The summed E-state index contributed by atoms with van der Waals surface area (Å²) < 4.78 is 3.19. The van der Waals surface area contributed by atoms with Crippen molar-refractivity contribution >= 4 is 22.5 Å². The van der Waals surface area contributed by atoms with Crippen molar-refractivity contribution in [3.63, 3.8) is 0 Å². The van der Waals surface area contributed by atoms with Crippen molar-refractivity contribution in [3.8, 4) is 5.69 Å². The number of aromatic nitrogens is 4. The Hall–Kier alpha value is -2.96. The molecular formula is C24H24ClN5O. The number of benzene rings is 2. The van der Waals surface area contributed by atoms with Crippen LogP contribution in [0, 0.1) is 0 Å². The first-order chi connectivity index (χ1) is 15.1. The van der Waals surface area contributed by atoms with E-state index < -0.39 is 0 Å². The molecule has 0 aliphatic heterocycles. The largest absolute Gasteiger partial charge is 0.296 e. The SMILES string of the molecule is O=c1c2nn(-c3ccccc3)cc2cnn1CNC1(c2ccc(Cl)cc2)CCCCC1. The van der Waals surface area contributed by atoms with Crippen LogP contribution in [-0.4, -0.2) is 19.6 Å². The minimum Gasteiger partial charge on any atom is -0.288 e. The second-order valence-corrected chi connectivity index (χ2v) is 8.58. The minimum absolute atomic E-state index is 0.178. The van der Waals surface area contributed by atoms with Crippen LogP contribution in [0.4, 0.5) is 0 Å². The van der Waals surface area contributed by atoms with Crippen LogP contribution in [0.5, 0.6) is 0 Å². The van der Waals surface area contributed by atoms with Gasteiger partial charge < -0.3 is 0 Å². The Labute approximate surface area is 185 Å². The summed E-state index contributed by atoms with van der Waals surface area (Å²) in [6.45, 7) is 0.329. The number of nitrogens with one attached hydrogen (secondary N) is 1. The zero-order chi connectivity index (χ0) is 21.3. The van der Waals surface area contributed by atoms with Crippen molar-refractivity contribution in [1.82, 2.24) is 24.9 Å². The predicted octanol–water partition coefficient (Wildman–Crippen LogP) is 4.64. The molecule has 0 saturated heterocycles. The van der Waals surface area contributed by atoms with E-state index >= 15 is 0 Å². The van der Waals surface area contributed by atoms with Gasteiger partial charge in [0.2, 0.25) is 0 Å². The van der Waals surface area contributed by atoms with Gasteiger partial charge in [0, 0.05) is 22.1 Å². The Bertz CT molecular complexity index is 1240. The maximum absolute atomic E-state index is 13.1. The van der Waals surface area contributed by atoms with Crippen LogP contribution in [0.3, 0.4) is 0 Å². The number of rotatable bonds is 5. The Kier molecular flexibility index (Phi) is 5.34. The van der Waals surface area contributed by atoms with Gasteiger partial charge in [0.25, 0.3) is 5.56 Å². The first-order valence-electron chi connectivity index (χ1n) is 10.7. The molecule has 5 rings (SSSR count). The topological polar surface area (TPSA) is 64.7 Å². The molecule has 2 aromatic heterocycles. The van der Waals surface area contributed by atoms with Crippen molar-refractivity contribution < 1.29 is 0 Å². The summed E-state index contributed by atoms with van der Waals surface area (Å²) in [7, 11) is 0. The van der Waals surface area contributed by atoms with Gasteiger partial charge in [-0.25, -0.2) is 9.36 Å². The molecule has 1 aliphatic rings. The zero-order valence-corrected chi connectivity index (χ0v) is 17.9. The van der Waals surface area contributed by atoms with E-state index in [0.29, 0.717) is 12.2 Å². The molecule has 0 spiro atoms. The average molecular weight is 434 g/mol. The molecule has 0 bridgehead atoms. The lowest BCUT2D eigenvalue weighted by Crippen LogP contribution is -2.46. The number of halogens is 1. The van der Waals surface area contributed by atoms with Gasteiger partial charge in [-0.3, -0.25) is 10.1 Å². The van der Waals surface area contributed by atoms with Crippen molar-refractivity contribution in [2.45, 2.75) is 44.3 Å². The Morgan fingerprint density at radius 2 is 1.74 bits per heavy atom. The highest BCUT2D eigenvalue weighted by Crippen LogP contribution is 2.37. The van der Waals surface area contributed by atoms with Gasteiger partial charge in [-0.15, -0.1) is 0 Å². The van der Waals surface area contributed by atoms with Crippen LogP contribution in [-0.2, 0) is 12.2 Å². The number of fused-ring (bicyclic) bond motifs is 1. The van der Waals surface area contributed by atoms with Gasteiger partial charge in [0.15, 0.2) is 5.52 Å². The summed E-state index contributed by atoms with van der Waals surface area (Å²) in [5.74, 6) is 0. The molecule has 31 heavy (non-hydrogen) atoms. The molecule has 0 amide bonds. The zero-order valence-electron chi connectivity index (χ0n) is 17.2. The van der Waals surface area contributed by atoms with Crippen molar-refractivity contribution in [1.29, 1.82) is 0 Å². The predicted molar refractivity (Wildman–Crippen MR) is 122 cm³/mol. The normalized spacial score (nSPS) is 15.9. The number of para-hydroxylation sites is 1. The summed E-state index contributed by atoms with van der Waals surface area (Å²) in [5, 5.41) is 14.0. The molecule has 1 N–H and O–H groups in total. The second kappa shape index (κ2) is 8.29. The lowest BCUT2D eigenvalue weighted by Gasteiger charge is -2.39. The molecule has 2 aromatic carbocycles. The molecule has 0 atom stereocenters. The monoisotopic (exact) mass is 433 g/mol. The maximum atomic E-state index is 13.1. The van der Waals surface area contributed by atoms with Crippen molar-refractivity contribution in [2.75, 3.05) is 0 Å². The summed E-state index contributed by atoms with van der Waals surface area (Å²) >= 11 is 6.11. The molecule has 4 aromatic rings. The molecule has 6 nitrogen and oxygen atoms in total. The summed E-state index contributed by atoms with van der Waals surface area (Å²) in [5.41, 5.74) is 2.17. The molecule has 1 fully saturated rings. The highest BCUT2D eigenvalue weighted by molar-refractivity contribution is 6.30. The Morgan fingerprint density at radius 1 is 1.00 bits per heavy atom. The van der Waals surface area contributed by atoms with Crippen LogP contribution < -0.4 is 10.9 Å². The van der Waals surface area contributed by atoms with Crippen molar-refractivity contribution in [3.05, 3.63) is 87.9 Å². The van der Waals surface area contributed by atoms with Gasteiger partial charge in [0.1, 0.15) is 0 Å². The standard InChI is InChI=1S/C24H24ClN5O/c25-20-11-9-19(10-12-20)24(13-5-2-6-14-24)26-17-30-23(31)22-18(15-27-30)16-29(28-22)21-7-3-1-4-8-21/h1,3-4,7-12,15-16,26H,2,5-6,13-14,17H2. The molecule has 0 unspecified atom stereocenters. The third-order valence-corrected chi connectivity index (χ3v) is 6.46. The molecular weight excluding hydrogens is 410 g/mol. The van der Waals surface area contributed by atoms with Gasteiger partial charge in [-0.05, 0) is 42.7 Å². The fourth-order valence-electron chi connectivity index (χ4n) is 4.50. The van der Waals surface area contributed by atoms with Crippen LogP contribution in [0.25, 0.3) is 16.6 Å². The fraction of sp³-hybridized carbons (Fsp3) is 0.292. The van der Waals surface area contributed by atoms with Crippen LogP contribution in [0.15, 0.2) is 71.8 Å². The molecule has 0 radical (unpaired) electrons. The van der Waals surface area contributed by atoms with E-state index in [0.717, 1.165) is 41.8 Å². The molecule has 2 heterocycles. The Balaban J connectivity index is 1.44. The summed E-state index contributed by atoms with van der Waals surface area (Å²) in [4.78, 5) is 13.1. The van der Waals surface area contributed by atoms with E-state index in [9.17, 15) is 4.79 Å². The van der Waals surface area contributed by atoms with E-state index in [-0.39, 0.29) is 11.1 Å².